The summed E-state index contributed by atoms with van der Waals surface area (Å²) in [7, 11) is -0.760. The molecule has 0 radical (unpaired) electrons. The lowest BCUT2D eigenvalue weighted by atomic mass is 9.87. The van der Waals surface area contributed by atoms with Crippen molar-refractivity contribution in [3.8, 4) is 34.4 Å². The number of methoxy groups -OCH3 is 1. The second-order valence-corrected chi connectivity index (χ2v) is 21.6. The molecule has 1 aliphatic heterocycles. The van der Waals surface area contributed by atoms with Crippen LogP contribution < -0.4 is 20.1 Å². The van der Waals surface area contributed by atoms with Crippen LogP contribution in [-0.4, -0.2) is 61.3 Å². The number of halogens is 2. The van der Waals surface area contributed by atoms with Gasteiger partial charge in [0.25, 0.3) is 0 Å². The molecule has 55 heavy (non-hydrogen) atoms. The molecule has 1 aliphatic carbocycles. The first kappa shape index (κ1) is 38.7. The van der Waals surface area contributed by atoms with Crippen LogP contribution in [0.4, 0.5) is 20.4 Å². The van der Waals surface area contributed by atoms with Gasteiger partial charge >= 0.3 is 0 Å². The van der Waals surface area contributed by atoms with Crippen molar-refractivity contribution in [3.05, 3.63) is 64.9 Å². The normalized spacial score (nSPS) is 15.7. The molecule has 0 amide bonds. The molecule has 288 valence electrons. The summed E-state index contributed by atoms with van der Waals surface area (Å²) in [6.45, 7) is 13.9. The van der Waals surface area contributed by atoms with Gasteiger partial charge in [0.2, 0.25) is 5.88 Å². The molecule has 9 nitrogen and oxygen atoms in total. The summed E-state index contributed by atoms with van der Waals surface area (Å²) < 4.78 is 51.3. The Morgan fingerprint density at radius 2 is 1.80 bits per heavy atom. The van der Waals surface area contributed by atoms with Crippen LogP contribution in [0.1, 0.15) is 77.1 Å². The van der Waals surface area contributed by atoms with Crippen molar-refractivity contribution in [1.82, 2.24) is 19.9 Å². The first-order valence-electron chi connectivity index (χ1n) is 18.9. The molecular formula is C42H48F2N6O3SSi. The Bertz CT molecular complexity index is 2330. The highest BCUT2D eigenvalue weighted by Crippen LogP contribution is 2.47. The van der Waals surface area contributed by atoms with Crippen LogP contribution in [0, 0.1) is 23.1 Å². The number of nitrogen functional groups attached to an aromatic ring is 1. The summed E-state index contributed by atoms with van der Waals surface area (Å²) in [6, 6.07) is 8.40. The van der Waals surface area contributed by atoms with Gasteiger partial charge in [0.1, 0.15) is 54.5 Å². The average Bonchev–Trinajstić information content (AvgIpc) is 3.34. The molecule has 1 unspecified atom stereocenters. The van der Waals surface area contributed by atoms with Crippen molar-refractivity contribution in [3.63, 3.8) is 0 Å². The molecule has 2 aliphatic rings. The van der Waals surface area contributed by atoms with E-state index in [0.29, 0.717) is 67.4 Å². The molecular weight excluding hydrogens is 735 g/mol. The summed E-state index contributed by atoms with van der Waals surface area (Å²) in [5, 5.41) is 1.82. The highest BCUT2D eigenvalue weighted by molar-refractivity contribution is 7.98. The van der Waals surface area contributed by atoms with Crippen LogP contribution in [0.2, 0.25) is 16.6 Å². The second kappa shape index (κ2) is 15.6. The van der Waals surface area contributed by atoms with Gasteiger partial charge in [-0.25, -0.2) is 28.7 Å². The lowest BCUT2D eigenvalue weighted by molar-refractivity contribution is 0.0512. The van der Waals surface area contributed by atoms with E-state index in [9.17, 15) is 0 Å². The standard InChI is InChI=1S/C42H48F2N6O3SSi/c1-23(2)55(24(3)4,25(5)6)19-15-29-31(43)13-12-27-20-28(53-22-51-7)21-30(33(27)29)37-36(44)38-35-40(49-42(48-38)54-8)50(17-18-52-41(35)47-37)32-11-9-10-26-14-16-46-39(45)34(26)32/h12-14,16,20-21,23-25,32H,9-11,17-18,22H2,1-8H3,(H2,45,46). The second-order valence-electron chi connectivity index (χ2n) is 15.2. The quantitative estimate of drug-likeness (QED) is 0.0511. The number of ether oxygens (including phenoxy) is 3. The van der Waals surface area contributed by atoms with E-state index >= 15 is 8.78 Å². The third-order valence-corrected chi connectivity index (χ3v) is 18.2. The van der Waals surface area contributed by atoms with Gasteiger partial charge in [0.05, 0.1) is 18.2 Å². The third-order valence-electron chi connectivity index (χ3n) is 11.4. The first-order valence-corrected chi connectivity index (χ1v) is 22.4. The lowest BCUT2D eigenvalue weighted by Gasteiger charge is -2.38. The largest absolute Gasteiger partial charge is 0.475 e. The van der Waals surface area contributed by atoms with Gasteiger partial charge in [0.15, 0.2) is 17.8 Å². The van der Waals surface area contributed by atoms with E-state index in [1.807, 2.05) is 12.3 Å². The van der Waals surface area contributed by atoms with Crippen molar-refractivity contribution >= 4 is 53.1 Å². The van der Waals surface area contributed by atoms with Crippen LogP contribution in [0.25, 0.3) is 32.9 Å². The SMILES string of the molecule is COCOc1cc(-c2nc3c4c(nc(SC)nc4c2F)N(C2CCCc4ccnc(N)c42)CCO3)c2c(C#C[Si](C(C)C)(C(C)C)C(C)C)c(F)ccc2c1. The Hall–Kier alpha value is -4.51. The number of fused-ring (bicyclic) bond motifs is 2. The molecule has 1 atom stereocenters. The maximum atomic E-state index is 17.6. The Kier molecular flexibility index (Phi) is 11.0. The highest BCUT2D eigenvalue weighted by Gasteiger charge is 2.42. The fraction of sp³-hybridized carbons (Fsp3) is 0.429. The van der Waals surface area contributed by atoms with Crippen LogP contribution in [0.5, 0.6) is 11.6 Å². The summed E-state index contributed by atoms with van der Waals surface area (Å²) >= 11 is 1.32. The molecule has 5 aromatic rings. The molecule has 0 spiro atoms. The number of hydrogen-bond acceptors (Lipinski definition) is 10. The van der Waals surface area contributed by atoms with Crippen LogP contribution in [-0.2, 0) is 11.2 Å². The number of nitrogens with zero attached hydrogens (tertiary/aromatic N) is 5. The van der Waals surface area contributed by atoms with Gasteiger partial charge < -0.3 is 24.8 Å². The maximum absolute atomic E-state index is 17.6. The molecule has 2 aromatic carbocycles. The Morgan fingerprint density at radius 1 is 1.04 bits per heavy atom. The number of aromatic nitrogens is 4. The van der Waals surface area contributed by atoms with E-state index in [4.69, 9.17) is 34.9 Å². The van der Waals surface area contributed by atoms with Crippen molar-refractivity contribution in [1.29, 1.82) is 0 Å². The highest BCUT2D eigenvalue weighted by atomic mass is 32.2. The van der Waals surface area contributed by atoms with Gasteiger partial charge in [0, 0.05) is 29.8 Å². The molecule has 2 N–H and O–H groups in total. The Labute approximate surface area is 326 Å². The zero-order valence-corrected chi connectivity index (χ0v) is 34.5. The van der Waals surface area contributed by atoms with Gasteiger partial charge in [-0.2, -0.15) is 0 Å². The summed E-state index contributed by atoms with van der Waals surface area (Å²) in [4.78, 5) is 21.1. The van der Waals surface area contributed by atoms with Crippen LogP contribution in [0.3, 0.4) is 0 Å². The molecule has 0 saturated carbocycles. The first-order chi connectivity index (χ1) is 26.4. The number of benzene rings is 2. The summed E-state index contributed by atoms with van der Waals surface area (Å²) in [6.07, 6.45) is 6.27. The molecule has 13 heteroatoms. The fourth-order valence-electron chi connectivity index (χ4n) is 8.95. The van der Waals surface area contributed by atoms with E-state index in [0.717, 1.165) is 30.4 Å². The number of nitrogens with two attached hydrogens (primary N) is 1. The number of anilines is 2. The van der Waals surface area contributed by atoms with Gasteiger partial charge in [-0.3, -0.25) is 0 Å². The maximum Gasteiger partial charge on any atom is 0.227 e. The van der Waals surface area contributed by atoms with E-state index < -0.39 is 19.7 Å². The number of pyridine rings is 2. The van der Waals surface area contributed by atoms with Crippen molar-refractivity contribution in [2.45, 2.75) is 88.6 Å². The predicted molar refractivity (Wildman–Crippen MR) is 220 cm³/mol. The molecule has 0 fully saturated rings. The van der Waals surface area contributed by atoms with E-state index in [2.05, 4.69) is 62.9 Å². The number of thioether (sulfide) groups is 1. The molecule has 4 heterocycles. The summed E-state index contributed by atoms with van der Waals surface area (Å²) in [5.74, 6) is 3.76. The third kappa shape index (κ3) is 6.76. The molecule has 3 aromatic heterocycles. The van der Waals surface area contributed by atoms with Gasteiger partial charge in [-0.1, -0.05) is 65.3 Å². The number of aryl methyl sites for hydroxylation is 1. The van der Waals surface area contributed by atoms with Crippen molar-refractivity contribution in [2.24, 2.45) is 0 Å². The van der Waals surface area contributed by atoms with Crippen LogP contribution >= 0.6 is 11.8 Å². The molecule has 7 rings (SSSR count). The minimum atomic E-state index is -2.28. The Morgan fingerprint density at radius 3 is 2.51 bits per heavy atom. The van der Waals surface area contributed by atoms with E-state index in [1.165, 1.54) is 24.9 Å². The summed E-state index contributed by atoms with van der Waals surface area (Å²) in [5.41, 5.74) is 13.8. The fourth-order valence-corrected chi connectivity index (χ4v) is 14.5. The van der Waals surface area contributed by atoms with Gasteiger partial charge in [-0.15, -0.1) is 5.54 Å². The average molecular weight is 783 g/mol. The van der Waals surface area contributed by atoms with Crippen molar-refractivity contribution in [2.75, 3.05) is 43.9 Å². The monoisotopic (exact) mass is 782 g/mol. The Balaban J connectivity index is 1.51. The molecule has 0 bridgehead atoms. The zero-order chi connectivity index (χ0) is 39.2. The topological polar surface area (TPSA) is 109 Å². The van der Waals surface area contributed by atoms with E-state index in [1.54, 1.807) is 24.4 Å². The number of rotatable bonds is 9. The number of hydrogen-bond donors (Lipinski definition) is 1. The minimum absolute atomic E-state index is 0.0418. The van der Waals surface area contributed by atoms with E-state index in [-0.39, 0.29) is 42.1 Å². The smallest absolute Gasteiger partial charge is 0.227 e. The van der Waals surface area contributed by atoms with Crippen molar-refractivity contribution < 1.29 is 23.0 Å². The van der Waals surface area contributed by atoms with Gasteiger partial charge in [-0.05, 0) is 77.4 Å². The van der Waals surface area contributed by atoms with Crippen LogP contribution in [0.15, 0.2) is 41.7 Å². The zero-order valence-electron chi connectivity index (χ0n) is 32.7. The lowest BCUT2D eigenvalue weighted by Crippen LogP contribution is -2.43. The molecule has 0 saturated heterocycles. The predicted octanol–water partition coefficient (Wildman–Crippen LogP) is 9.65. The minimum Gasteiger partial charge on any atom is -0.475 e.